The largest absolute Gasteiger partial charge is 0.325 e. The van der Waals surface area contributed by atoms with Crippen molar-refractivity contribution in [2.45, 2.75) is 32.9 Å². The highest BCUT2D eigenvalue weighted by Crippen LogP contribution is 2.25. The highest BCUT2D eigenvalue weighted by Gasteiger charge is 2.24. The Hall–Kier alpha value is -3.67. The maximum Gasteiger partial charge on any atom is 0.325 e. The van der Waals surface area contributed by atoms with E-state index in [4.69, 9.17) is 0 Å². The first kappa shape index (κ1) is 22.0. The number of amides is 2. The van der Waals surface area contributed by atoms with Crippen molar-refractivity contribution in [2.75, 3.05) is 11.4 Å². The number of carbonyl (C=O) groups excluding carboxylic acids is 1. The van der Waals surface area contributed by atoms with Gasteiger partial charge in [0.05, 0.1) is 17.2 Å². The first-order valence-corrected chi connectivity index (χ1v) is 10.5. The molecule has 31 heavy (non-hydrogen) atoms. The van der Waals surface area contributed by atoms with Crippen LogP contribution in [-0.2, 0) is 13.1 Å². The Morgan fingerprint density at radius 3 is 2.06 bits per heavy atom. The zero-order valence-electron chi connectivity index (χ0n) is 17.7. The summed E-state index contributed by atoms with van der Waals surface area (Å²) in [5.41, 5.74) is 2.48. The molecular weight excluding hydrogens is 390 g/mol. The molecule has 6 heteroatoms. The predicted octanol–water partition coefficient (Wildman–Crippen LogP) is 6.02. The lowest BCUT2D eigenvalue weighted by molar-refractivity contribution is -0.384. The highest BCUT2D eigenvalue weighted by atomic mass is 16.6. The summed E-state index contributed by atoms with van der Waals surface area (Å²) in [7, 11) is 0. The van der Waals surface area contributed by atoms with E-state index >= 15 is 0 Å². The number of non-ortho nitro benzene ring substituents is 1. The fourth-order valence-corrected chi connectivity index (χ4v) is 3.38. The maximum atomic E-state index is 13.7. The van der Waals surface area contributed by atoms with Gasteiger partial charge in [-0.15, -0.1) is 0 Å². The van der Waals surface area contributed by atoms with Crippen LogP contribution in [0.4, 0.5) is 16.2 Å². The van der Waals surface area contributed by atoms with E-state index in [0.717, 1.165) is 24.0 Å². The molecule has 0 aliphatic rings. The third-order valence-electron chi connectivity index (χ3n) is 5.04. The Morgan fingerprint density at radius 2 is 1.48 bits per heavy atom. The summed E-state index contributed by atoms with van der Waals surface area (Å²) in [5.74, 6) is 0. The van der Waals surface area contributed by atoms with E-state index in [1.165, 1.54) is 12.1 Å². The van der Waals surface area contributed by atoms with Crippen LogP contribution in [0.2, 0.25) is 0 Å². The van der Waals surface area contributed by atoms with Crippen molar-refractivity contribution in [3.63, 3.8) is 0 Å². The smallest absolute Gasteiger partial charge is 0.320 e. The molecule has 0 fully saturated rings. The number of nitro groups is 1. The minimum absolute atomic E-state index is 0.0356. The molecule has 0 saturated carbocycles. The number of hydrogen-bond donors (Lipinski definition) is 0. The van der Waals surface area contributed by atoms with E-state index in [1.54, 1.807) is 17.0 Å². The summed E-state index contributed by atoms with van der Waals surface area (Å²) in [5, 5.41) is 11.3. The van der Waals surface area contributed by atoms with Crippen molar-refractivity contribution in [3.8, 4) is 0 Å². The molecule has 3 aromatic rings. The van der Waals surface area contributed by atoms with E-state index in [2.05, 4.69) is 6.92 Å². The van der Waals surface area contributed by atoms with Crippen LogP contribution in [0.1, 0.15) is 30.9 Å². The number of hydrogen-bond acceptors (Lipinski definition) is 3. The van der Waals surface area contributed by atoms with Crippen LogP contribution < -0.4 is 4.90 Å². The molecule has 0 saturated heterocycles. The molecule has 0 radical (unpaired) electrons. The Balaban J connectivity index is 1.95. The van der Waals surface area contributed by atoms with Gasteiger partial charge in [0.15, 0.2) is 0 Å². The summed E-state index contributed by atoms with van der Waals surface area (Å²) in [4.78, 5) is 28.0. The second kappa shape index (κ2) is 10.9. The SMILES string of the molecule is CCCCN(Cc1ccccc1)C(=O)N(Cc1ccccc1)c1cccc([N+](=O)[O-])c1. The minimum atomic E-state index is -0.437. The van der Waals surface area contributed by atoms with E-state index in [9.17, 15) is 14.9 Å². The molecule has 0 atom stereocenters. The zero-order chi connectivity index (χ0) is 22.1. The fraction of sp³-hybridized carbons (Fsp3) is 0.240. The lowest BCUT2D eigenvalue weighted by Gasteiger charge is -2.31. The van der Waals surface area contributed by atoms with Gasteiger partial charge in [-0.05, 0) is 23.6 Å². The van der Waals surface area contributed by atoms with Crippen LogP contribution in [0.25, 0.3) is 0 Å². The predicted molar refractivity (Wildman–Crippen MR) is 123 cm³/mol. The Bertz CT molecular complexity index is 993. The minimum Gasteiger partial charge on any atom is -0.320 e. The fourth-order valence-electron chi connectivity index (χ4n) is 3.38. The number of unbranched alkanes of at least 4 members (excludes halogenated alkanes) is 1. The zero-order valence-corrected chi connectivity index (χ0v) is 17.7. The summed E-state index contributed by atoms with van der Waals surface area (Å²) in [6.07, 6.45) is 1.85. The standard InChI is InChI=1S/C25H27N3O3/c1-2-3-17-26(19-21-11-6-4-7-12-21)25(29)27(20-22-13-8-5-9-14-22)23-15-10-16-24(18-23)28(30)31/h4-16,18H,2-3,17,19-20H2,1H3. The van der Waals surface area contributed by atoms with Crippen LogP contribution in [0.5, 0.6) is 0 Å². The summed E-state index contributed by atoms with van der Waals surface area (Å²) < 4.78 is 0. The molecule has 0 aromatic heterocycles. The number of nitro benzene ring substituents is 1. The first-order valence-electron chi connectivity index (χ1n) is 10.5. The Morgan fingerprint density at radius 1 is 0.871 bits per heavy atom. The lowest BCUT2D eigenvalue weighted by atomic mass is 10.1. The third-order valence-corrected chi connectivity index (χ3v) is 5.04. The van der Waals surface area contributed by atoms with E-state index < -0.39 is 4.92 Å². The molecule has 6 nitrogen and oxygen atoms in total. The number of nitrogens with zero attached hydrogens (tertiary/aromatic N) is 3. The van der Waals surface area contributed by atoms with Gasteiger partial charge in [-0.2, -0.15) is 0 Å². The van der Waals surface area contributed by atoms with Gasteiger partial charge in [0.1, 0.15) is 0 Å². The second-order valence-corrected chi connectivity index (χ2v) is 7.39. The third kappa shape index (κ3) is 6.15. The highest BCUT2D eigenvalue weighted by molar-refractivity contribution is 5.92. The normalized spacial score (nSPS) is 10.5. The molecule has 0 N–H and O–H groups in total. The van der Waals surface area contributed by atoms with Crippen LogP contribution in [0.15, 0.2) is 84.9 Å². The average Bonchev–Trinajstić information content (AvgIpc) is 2.81. The number of carbonyl (C=O) groups is 1. The van der Waals surface area contributed by atoms with Crippen molar-refractivity contribution < 1.29 is 9.72 Å². The molecule has 0 aliphatic heterocycles. The molecule has 3 aromatic carbocycles. The van der Waals surface area contributed by atoms with Crippen LogP contribution >= 0.6 is 0 Å². The van der Waals surface area contributed by atoms with Crippen molar-refractivity contribution in [2.24, 2.45) is 0 Å². The molecule has 0 aliphatic carbocycles. The van der Waals surface area contributed by atoms with Gasteiger partial charge in [-0.3, -0.25) is 15.0 Å². The van der Waals surface area contributed by atoms with Gasteiger partial charge in [0.2, 0.25) is 0 Å². The molecule has 160 valence electrons. The number of rotatable bonds is 9. The first-order chi connectivity index (χ1) is 15.1. The number of benzene rings is 3. The molecule has 0 unspecified atom stereocenters. The van der Waals surface area contributed by atoms with E-state index in [-0.39, 0.29) is 11.7 Å². The van der Waals surface area contributed by atoms with Gasteiger partial charge in [-0.1, -0.05) is 80.1 Å². The van der Waals surface area contributed by atoms with E-state index in [0.29, 0.717) is 25.3 Å². The molecule has 3 rings (SSSR count). The molecule has 0 spiro atoms. The van der Waals surface area contributed by atoms with Crippen LogP contribution in [0, 0.1) is 10.1 Å². The molecule has 2 amide bonds. The molecule has 0 heterocycles. The summed E-state index contributed by atoms with van der Waals surface area (Å²) in [6.45, 7) is 3.52. The Labute approximate surface area is 182 Å². The lowest BCUT2D eigenvalue weighted by Crippen LogP contribution is -2.43. The molecule has 0 bridgehead atoms. The Kier molecular flexibility index (Phi) is 7.76. The monoisotopic (exact) mass is 417 g/mol. The average molecular weight is 418 g/mol. The number of anilines is 1. The topological polar surface area (TPSA) is 66.7 Å². The van der Waals surface area contributed by atoms with Gasteiger partial charge < -0.3 is 4.90 Å². The van der Waals surface area contributed by atoms with Crippen LogP contribution in [0.3, 0.4) is 0 Å². The van der Waals surface area contributed by atoms with Gasteiger partial charge in [0, 0.05) is 25.2 Å². The maximum absolute atomic E-state index is 13.7. The van der Waals surface area contributed by atoms with Gasteiger partial charge in [0.25, 0.3) is 5.69 Å². The van der Waals surface area contributed by atoms with Gasteiger partial charge in [-0.25, -0.2) is 4.79 Å². The van der Waals surface area contributed by atoms with Crippen molar-refractivity contribution in [1.29, 1.82) is 0 Å². The number of urea groups is 1. The summed E-state index contributed by atoms with van der Waals surface area (Å²) >= 11 is 0. The van der Waals surface area contributed by atoms with Crippen molar-refractivity contribution in [3.05, 3.63) is 106 Å². The summed E-state index contributed by atoms with van der Waals surface area (Å²) in [6, 6.07) is 25.6. The second-order valence-electron chi connectivity index (χ2n) is 7.39. The van der Waals surface area contributed by atoms with Crippen molar-refractivity contribution in [1.82, 2.24) is 4.90 Å². The van der Waals surface area contributed by atoms with Gasteiger partial charge >= 0.3 is 6.03 Å². The quantitative estimate of drug-likeness (QED) is 0.316. The van der Waals surface area contributed by atoms with Crippen molar-refractivity contribution >= 4 is 17.4 Å². The van der Waals surface area contributed by atoms with E-state index in [1.807, 2.05) is 65.6 Å². The molecular formula is C25H27N3O3. The van der Waals surface area contributed by atoms with Crippen LogP contribution in [-0.4, -0.2) is 22.4 Å².